The van der Waals surface area contributed by atoms with Gasteiger partial charge in [-0.05, 0) is 55.5 Å². The second kappa shape index (κ2) is 10.2. The van der Waals surface area contributed by atoms with E-state index in [2.05, 4.69) is 39.7 Å². The molecule has 1 aromatic heterocycles. The fourth-order valence-electron chi connectivity index (χ4n) is 4.20. The molecule has 2 atom stereocenters. The number of nitrogens with one attached hydrogen (secondary N) is 1. The molecule has 1 saturated heterocycles. The van der Waals surface area contributed by atoms with Crippen LogP contribution in [0.25, 0.3) is 0 Å². The molecule has 2 unspecified atom stereocenters. The normalized spacial score (nSPS) is 20.9. The predicted octanol–water partition coefficient (Wildman–Crippen LogP) is 4.77. The number of nitrogens with zero attached hydrogens (tertiary/aromatic N) is 2. The Morgan fingerprint density at radius 1 is 1.24 bits per heavy atom. The molecule has 1 aliphatic heterocycles. The van der Waals surface area contributed by atoms with Crippen LogP contribution in [0.15, 0.2) is 76.9 Å². The molecule has 1 saturated carbocycles. The van der Waals surface area contributed by atoms with Crippen molar-refractivity contribution in [1.82, 2.24) is 15.4 Å². The average Bonchev–Trinajstić information content (AvgIpc) is 3.38. The molecule has 178 valence electrons. The Balaban J connectivity index is 1.13. The van der Waals surface area contributed by atoms with E-state index < -0.39 is 0 Å². The topological polar surface area (TPSA) is 76.8 Å². The molecule has 1 aromatic carbocycles. The molecule has 0 radical (unpaired) electrons. The molecular weight excluding hydrogens is 430 g/mol. The number of hydrogen-bond donors (Lipinski definition) is 1. The zero-order valence-corrected chi connectivity index (χ0v) is 19.5. The van der Waals surface area contributed by atoms with Crippen molar-refractivity contribution in [2.24, 2.45) is 5.92 Å². The molecule has 7 nitrogen and oxygen atoms in total. The summed E-state index contributed by atoms with van der Waals surface area (Å²) in [6.07, 6.45) is 14.6. The molecule has 1 N–H and O–H groups in total. The number of benzene rings is 1. The maximum absolute atomic E-state index is 12.2. The van der Waals surface area contributed by atoms with Crippen LogP contribution in [0.3, 0.4) is 0 Å². The summed E-state index contributed by atoms with van der Waals surface area (Å²) in [6, 6.07) is 9.30. The Labute approximate surface area is 200 Å². The number of aromatic nitrogens is 1. The quantitative estimate of drug-likeness (QED) is 0.580. The molecule has 7 heteroatoms. The third kappa shape index (κ3) is 5.71. The summed E-state index contributed by atoms with van der Waals surface area (Å²) in [5.74, 6) is 2.38. The van der Waals surface area contributed by atoms with Gasteiger partial charge in [0.15, 0.2) is 5.69 Å². The third-order valence-corrected chi connectivity index (χ3v) is 6.44. The molecule has 5 rings (SSSR count). The van der Waals surface area contributed by atoms with Crippen molar-refractivity contribution in [2.75, 3.05) is 19.7 Å². The first kappa shape index (κ1) is 22.3. The van der Waals surface area contributed by atoms with Crippen LogP contribution < -0.4 is 10.1 Å². The van der Waals surface area contributed by atoms with E-state index in [0.717, 1.165) is 55.5 Å². The lowest BCUT2D eigenvalue weighted by atomic mass is 10.1. The molecule has 2 aliphatic carbocycles. The maximum atomic E-state index is 12.2. The van der Waals surface area contributed by atoms with Crippen LogP contribution >= 0.6 is 0 Å². The van der Waals surface area contributed by atoms with E-state index >= 15 is 0 Å². The summed E-state index contributed by atoms with van der Waals surface area (Å²) < 4.78 is 17.1. The van der Waals surface area contributed by atoms with Gasteiger partial charge < -0.3 is 24.2 Å². The SMILES string of the molecule is CC(NC(=O)c1ccon1)c1ccc(OC2CCN(C3=CC=CCC(OCC4CC4)=C3)C2)cc1. The number of carbonyl (C=O) groups excluding carboxylic acids is 1. The van der Waals surface area contributed by atoms with Gasteiger partial charge in [-0.2, -0.15) is 0 Å². The molecule has 1 amide bonds. The van der Waals surface area contributed by atoms with Gasteiger partial charge in [-0.25, -0.2) is 0 Å². The zero-order chi connectivity index (χ0) is 23.3. The predicted molar refractivity (Wildman–Crippen MR) is 128 cm³/mol. The van der Waals surface area contributed by atoms with Gasteiger partial charge in [-0.3, -0.25) is 4.79 Å². The van der Waals surface area contributed by atoms with Gasteiger partial charge in [0.25, 0.3) is 5.91 Å². The van der Waals surface area contributed by atoms with Crippen LogP contribution in [0, 0.1) is 5.92 Å². The Kier molecular flexibility index (Phi) is 6.70. The van der Waals surface area contributed by atoms with E-state index in [-0.39, 0.29) is 23.7 Å². The number of likely N-dealkylation sites (tertiary alicyclic amines) is 1. The van der Waals surface area contributed by atoms with Crippen LogP contribution in [0.5, 0.6) is 5.75 Å². The second-order valence-corrected chi connectivity index (χ2v) is 9.21. The average molecular weight is 462 g/mol. The van der Waals surface area contributed by atoms with Gasteiger partial charge in [-0.1, -0.05) is 29.4 Å². The Morgan fingerprint density at radius 2 is 2.09 bits per heavy atom. The molecule has 2 fully saturated rings. The van der Waals surface area contributed by atoms with Crippen LogP contribution in [0.1, 0.15) is 54.7 Å². The van der Waals surface area contributed by atoms with Gasteiger partial charge in [0, 0.05) is 31.1 Å². The lowest BCUT2D eigenvalue weighted by Crippen LogP contribution is -2.27. The molecule has 2 heterocycles. The molecule has 2 aromatic rings. The van der Waals surface area contributed by atoms with Crippen molar-refractivity contribution in [2.45, 2.75) is 44.8 Å². The van der Waals surface area contributed by atoms with Crippen molar-refractivity contribution in [3.8, 4) is 5.75 Å². The number of amides is 1. The Morgan fingerprint density at radius 3 is 2.85 bits per heavy atom. The Bertz CT molecular complexity index is 1070. The summed E-state index contributed by atoms with van der Waals surface area (Å²) in [5, 5.41) is 6.60. The number of allylic oxidation sites excluding steroid dienone is 4. The number of rotatable bonds is 9. The minimum atomic E-state index is -0.259. The van der Waals surface area contributed by atoms with E-state index in [9.17, 15) is 4.79 Å². The summed E-state index contributed by atoms with van der Waals surface area (Å²) in [7, 11) is 0. The maximum Gasteiger partial charge on any atom is 0.273 e. The summed E-state index contributed by atoms with van der Waals surface area (Å²) >= 11 is 0. The van der Waals surface area contributed by atoms with Crippen LogP contribution in [-0.4, -0.2) is 41.8 Å². The van der Waals surface area contributed by atoms with E-state index in [1.165, 1.54) is 24.8 Å². The van der Waals surface area contributed by atoms with Gasteiger partial charge in [-0.15, -0.1) is 0 Å². The summed E-state index contributed by atoms with van der Waals surface area (Å²) in [4.78, 5) is 14.5. The molecule has 3 aliphatic rings. The van der Waals surface area contributed by atoms with Crippen molar-refractivity contribution < 1.29 is 18.8 Å². The highest BCUT2D eigenvalue weighted by atomic mass is 16.5. The third-order valence-electron chi connectivity index (χ3n) is 6.44. The molecular formula is C27H31N3O4. The van der Waals surface area contributed by atoms with Gasteiger partial charge in [0.2, 0.25) is 0 Å². The fourth-order valence-corrected chi connectivity index (χ4v) is 4.20. The Hall–Kier alpha value is -3.48. The van der Waals surface area contributed by atoms with Crippen LogP contribution in [0.2, 0.25) is 0 Å². The summed E-state index contributed by atoms with van der Waals surface area (Å²) in [6.45, 7) is 4.59. The van der Waals surface area contributed by atoms with Gasteiger partial charge in [0.1, 0.15) is 23.9 Å². The van der Waals surface area contributed by atoms with Gasteiger partial charge >= 0.3 is 0 Å². The van der Waals surface area contributed by atoms with Crippen LogP contribution in [0.4, 0.5) is 0 Å². The van der Waals surface area contributed by atoms with E-state index in [1.807, 2.05) is 31.2 Å². The monoisotopic (exact) mass is 461 g/mol. The smallest absolute Gasteiger partial charge is 0.273 e. The van der Waals surface area contributed by atoms with E-state index in [4.69, 9.17) is 14.0 Å². The number of carbonyl (C=O) groups is 1. The largest absolute Gasteiger partial charge is 0.497 e. The summed E-state index contributed by atoms with van der Waals surface area (Å²) in [5.41, 5.74) is 2.46. The first-order valence-corrected chi connectivity index (χ1v) is 12.1. The van der Waals surface area contributed by atoms with E-state index in [1.54, 1.807) is 6.07 Å². The highest BCUT2D eigenvalue weighted by molar-refractivity contribution is 5.92. The van der Waals surface area contributed by atoms with E-state index in [0.29, 0.717) is 0 Å². The minimum absolute atomic E-state index is 0.132. The number of hydrogen-bond acceptors (Lipinski definition) is 6. The molecule has 0 spiro atoms. The highest BCUT2D eigenvalue weighted by Crippen LogP contribution is 2.31. The first-order chi connectivity index (χ1) is 16.6. The zero-order valence-electron chi connectivity index (χ0n) is 19.5. The second-order valence-electron chi connectivity index (χ2n) is 9.21. The van der Waals surface area contributed by atoms with Gasteiger partial charge in [0.05, 0.1) is 19.2 Å². The van der Waals surface area contributed by atoms with Crippen molar-refractivity contribution >= 4 is 5.91 Å². The number of ether oxygens (including phenoxy) is 2. The minimum Gasteiger partial charge on any atom is -0.497 e. The molecule has 34 heavy (non-hydrogen) atoms. The van der Waals surface area contributed by atoms with Crippen molar-refractivity contribution in [1.29, 1.82) is 0 Å². The van der Waals surface area contributed by atoms with Crippen molar-refractivity contribution in [3.05, 3.63) is 83.6 Å². The standard InChI is InChI=1S/C27H31N3O4/c1-19(28-27(31)26-13-15-33-29-26)21-8-10-23(11-9-21)34-25-12-14-30(17-25)22-4-2-3-5-24(16-22)32-18-20-6-7-20/h2-4,8-11,13,15-16,19-20,25H,5-7,12,14,17-18H2,1H3,(H,28,31). The van der Waals surface area contributed by atoms with Crippen LogP contribution in [-0.2, 0) is 4.74 Å². The van der Waals surface area contributed by atoms with Crippen molar-refractivity contribution in [3.63, 3.8) is 0 Å². The lowest BCUT2D eigenvalue weighted by Gasteiger charge is -2.21. The lowest BCUT2D eigenvalue weighted by molar-refractivity contribution is 0.0930. The fraction of sp³-hybridized carbons (Fsp3) is 0.407. The highest BCUT2D eigenvalue weighted by Gasteiger charge is 2.26. The first-order valence-electron chi connectivity index (χ1n) is 12.1. The molecule has 0 bridgehead atoms.